The molecule has 0 bridgehead atoms. The maximum atomic E-state index is 12.0. The van der Waals surface area contributed by atoms with E-state index in [1.807, 2.05) is 13.8 Å². The second-order valence-corrected chi connectivity index (χ2v) is 5.51. The number of likely N-dealkylation sites (N-methyl/N-ethyl adjacent to an activating group) is 1. The predicted octanol–water partition coefficient (Wildman–Crippen LogP) is 1.48. The van der Waals surface area contributed by atoms with E-state index in [0.717, 1.165) is 18.8 Å². The zero-order valence-electron chi connectivity index (χ0n) is 11.4. The van der Waals surface area contributed by atoms with Crippen molar-refractivity contribution in [3.63, 3.8) is 0 Å². The monoisotopic (exact) mass is 251 g/mol. The summed E-state index contributed by atoms with van der Waals surface area (Å²) in [7, 11) is 2.06. The minimum Gasteiger partial charge on any atom is -0.441 e. The summed E-state index contributed by atoms with van der Waals surface area (Å²) in [6.45, 7) is 8.07. The van der Waals surface area contributed by atoms with Crippen LogP contribution in [0.1, 0.15) is 43.1 Å². The predicted molar refractivity (Wildman–Crippen MR) is 68.5 cm³/mol. The van der Waals surface area contributed by atoms with E-state index in [4.69, 9.17) is 4.42 Å². The van der Waals surface area contributed by atoms with E-state index in [1.165, 1.54) is 0 Å². The molecule has 0 spiro atoms. The molecule has 2 atom stereocenters. The lowest BCUT2D eigenvalue weighted by molar-refractivity contribution is 0.0896. The number of hydrogen-bond acceptors (Lipinski definition) is 4. The third kappa shape index (κ3) is 2.72. The van der Waals surface area contributed by atoms with Crippen LogP contribution in [0.25, 0.3) is 0 Å². The van der Waals surface area contributed by atoms with Gasteiger partial charge in [0.15, 0.2) is 0 Å². The van der Waals surface area contributed by atoms with Crippen LogP contribution in [0.4, 0.5) is 0 Å². The molecule has 0 unspecified atom stereocenters. The Morgan fingerprint density at radius 2 is 2.28 bits per heavy atom. The Hall–Kier alpha value is -1.36. The highest BCUT2D eigenvalue weighted by Crippen LogP contribution is 2.16. The number of carbonyl (C=O) groups excluding carboxylic acids is 1. The molecule has 0 radical (unpaired) electrons. The van der Waals surface area contributed by atoms with Gasteiger partial charge in [0.05, 0.1) is 5.69 Å². The summed E-state index contributed by atoms with van der Waals surface area (Å²) in [5.74, 6) is 0.680. The van der Waals surface area contributed by atoms with Gasteiger partial charge in [0.2, 0.25) is 0 Å². The summed E-state index contributed by atoms with van der Waals surface area (Å²) in [5, 5.41) is 2.99. The van der Waals surface area contributed by atoms with Crippen molar-refractivity contribution in [2.45, 2.75) is 32.7 Å². The maximum absolute atomic E-state index is 12.0. The fraction of sp³-hybridized carbons (Fsp3) is 0.692. The largest absolute Gasteiger partial charge is 0.441 e. The minimum atomic E-state index is -0.214. The first-order chi connectivity index (χ1) is 8.47. The lowest BCUT2D eigenvalue weighted by Gasteiger charge is -2.14. The normalized spacial score (nSPS) is 24.7. The van der Waals surface area contributed by atoms with Crippen LogP contribution in [0.15, 0.2) is 10.7 Å². The first kappa shape index (κ1) is 13.1. The quantitative estimate of drug-likeness (QED) is 0.884. The van der Waals surface area contributed by atoms with Gasteiger partial charge in [-0.15, -0.1) is 0 Å². The van der Waals surface area contributed by atoms with E-state index in [-0.39, 0.29) is 23.8 Å². The standard InChI is InChI=1S/C13H21N3O2/c1-8(2)11-7-18-13(15-11)12(17)14-10-6-16(4)5-9(10)3/h7-10H,5-6H2,1-4H3,(H,14,17)/t9-,10+/m0/s1. The van der Waals surface area contributed by atoms with Crippen LogP contribution in [-0.4, -0.2) is 42.0 Å². The summed E-state index contributed by atoms with van der Waals surface area (Å²) in [4.78, 5) is 18.4. The van der Waals surface area contributed by atoms with Gasteiger partial charge in [-0.2, -0.15) is 0 Å². The highest BCUT2D eigenvalue weighted by molar-refractivity contribution is 5.89. The average molecular weight is 251 g/mol. The molecule has 18 heavy (non-hydrogen) atoms. The van der Waals surface area contributed by atoms with E-state index in [1.54, 1.807) is 6.26 Å². The molecule has 1 aromatic heterocycles. The number of nitrogens with one attached hydrogen (secondary N) is 1. The highest BCUT2D eigenvalue weighted by atomic mass is 16.4. The van der Waals surface area contributed by atoms with Crippen LogP contribution in [-0.2, 0) is 0 Å². The summed E-state index contributed by atoms with van der Waals surface area (Å²) < 4.78 is 5.22. The summed E-state index contributed by atoms with van der Waals surface area (Å²) in [5.41, 5.74) is 0.816. The Labute approximate surface area is 108 Å². The Balaban J connectivity index is 1.99. The molecule has 1 fully saturated rings. The summed E-state index contributed by atoms with van der Waals surface area (Å²) in [6.07, 6.45) is 1.56. The number of rotatable bonds is 3. The average Bonchev–Trinajstić information content (AvgIpc) is 2.86. The van der Waals surface area contributed by atoms with Crippen molar-refractivity contribution in [2.24, 2.45) is 5.92 Å². The Morgan fingerprint density at radius 3 is 2.78 bits per heavy atom. The SMILES string of the molecule is CC(C)c1coc(C(=O)N[C@@H]2CN(C)C[C@@H]2C)n1. The second-order valence-electron chi connectivity index (χ2n) is 5.51. The van der Waals surface area contributed by atoms with E-state index in [0.29, 0.717) is 5.92 Å². The van der Waals surface area contributed by atoms with Gasteiger partial charge in [0.25, 0.3) is 5.89 Å². The fourth-order valence-electron chi connectivity index (χ4n) is 2.28. The molecule has 5 nitrogen and oxygen atoms in total. The molecule has 0 aromatic carbocycles. The molecule has 1 aliphatic heterocycles. The van der Waals surface area contributed by atoms with Crippen LogP contribution in [0.2, 0.25) is 0 Å². The van der Waals surface area contributed by atoms with E-state index >= 15 is 0 Å². The third-order valence-corrected chi connectivity index (χ3v) is 3.42. The molecular weight excluding hydrogens is 230 g/mol. The van der Waals surface area contributed by atoms with E-state index < -0.39 is 0 Å². The lowest BCUT2D eigenvalue weighted by Crippen LogP contribution is -2.39. The smallest absolute Gasteiger partial charge is 0.307 e. The van der Waals surface area contributed by atoms with Crippen molar-refractivity contribution in [1.29, 1.82) is 0 Å². The van der Waals surface area contributed by atoms with Crippen LogP contribution in [0.3, 0.4) is 0 Å². The van der Waals surface area contributed by atoms with Crippen molar-refractivity contribution in [2.75, 3.05) is 20.1 Å². The van der Waals surface area contributed by atoms with Gasteiger partial charge in [0.1, 0.15) is 6.26 Å². The van der Waals surface area contributed by atoms with Gasteiger partial charge in [-0.05, 0) is 18.9 Å². The van der Waals surface area contributed by atoms with Crippen molar-refractivity contribution >= 4 is 5.91 Å². The number of oxazole rings is 1. The van der Waals surface area contributed by atoms with Crippen LogP contribution >= 0.6 is 0 Å². The molecule has 100 valence electrons. The molecule has 1 aromatic rings. The van der Waals surface area contributed by atoms with Gasteiger partial charge in [0, 0.05) is 19.1 Å². The van der Waals surface area contributed by atoms with Crippen molar-refractivity contribution < 1.29 is 9.21 Å². The molecule has 1 saturated heterocycles. The number of aromatic nitrogens is 1. The molecule has 5 heteroatoms. The fourth-order valence-corrected chi connectivity index (χ4v) is 2.28. The Kier molecular flexibility index (Phi) is 3.71. The number of nitrogens with zero attached hydrogens (tertiary/aromatic N) is 2. The molecular formula is C13H21N3O2. The Bertz CT molecular complexity index is 428. The van der Waals surface area contributed by atoms with E-state index in [2.05, 4.69) is 29.2 Å². The molecule has 2 heterocycles. The van der Waals surface area contributed by atoms with Crippen molar-refractivity contribution in [1.82, 2.24) is 15.2 Å². The number of likely N-dealkylation sites (tertiary alicyclic amines) is 1. The zero-order chi connectivity index (χ0) is 13.3. The van der Waals surface area contributed by atoms with E-state index in [9.17, 15) is 4.79 Å². The van der Waals surface area contributed by atoms with Crippen LogP contribution in [0.5, 0.6) is 0 Å². The van der Waals surface area contributed by atoms with Crippen molar-refractivity contribution in [3.05, 3.63) is 17.8 Å². The maximum Gasteiger partial charge on any atom is 0.307 e. The third-order valence-electron chi connectivity index (χ3n) is 3.42. The zero-order valence-corrected chi connectivity index (χ0v) is 11.4. The second kappa shape index (κ2) is 5.10. The molecule has 2 rings (SSSR count). The van der Waals surface area contributed by atoms with Gasteiger partial charge in [-0.3, -0.25) is 4.79 Å². The lowest BCUT2D eigenvalue weighted by atomic mass is 10.1. The summed E-state index contributed by atoms with van der Waals surface area (Å²) >= 11 is 0. The van der Waals surface area contributed by atoms with Crippen molar-refractivity contribution in [3.8, 4) is 0 Å². The Morgan fingerprint density at radius 1 is 1.56 bits per heavy atom. The molecule has 1 aliphatic rings. The number of hydrogen-bond donors (Lipinski definition) is 1. The first-order valence-corrected chi connectivity index (χ1v) is 6.42. The van der Waals surface area contributed by atoms with Gasteiger partial charge < -0.3 is 14.6 Å². The minimum absolute atomic E-state index is 0.167. The number of amides is 1. The van der Waals surface area contributed by atoms with Crippen LogP contribution < -0.4 is 5.32 Å². The van der Waals surface area contributed by atoms with Gasteiger partial charge >= 0.3 is 5.91 Å². The molecule has 1 amide bonds. The van der Waals surface area contributed by atoms with Gasteiger partial charge in [-0.1, -0.05) is 20.8 Å². The first-order valence-electron chi connectivity index (χ1n) is 6.42. The molecule has 0 aliphatic carbocycles. The van der Waals surface area contributed by atoms with Gasteiger partial charge in [-0.25, -0.2) is 4.98 Å². The number of carbonyl (C=O) groups is 1. The highest BCUT2D eigenvalue weighted by Gasteiger charge is 2.29. The summed E-state index contributed by atoms with van der Waals surface area (Å²) in [6, 6.07) is 0.178. The topological polar surface area (TPSA) is 58.4 Å². The molecule has 0 saturated carbocycles. The van der Waals surface area contributed by atoms with Crippen LogP contribution in [0, 0.1) is 5.92 Å². The molecule has 1 N–H and O–H groups in total.